The van der Waals surface area contributed by atoms with Gasteiger partial charge < -0.3 is 11.1 Å². The second-order valence-electron chi connectivity index (χ2n) is 2.82. The summed E-state index contributed by atoms with van der Waals surface area (Å²) in [7, 11) is 1.73. The lowest BCUT2D eigenvalue weighted by atomic mass is 10.1. The minimum Gasteiger partial charge on any atom is -0.350 e. The summed E-state index contributed by atoms with van der Waals surface area (Å²) in [6.45, 7) is 1.53. The number of primary amides is 1. The molecule has 0 aromatic carbocycles. The van der Waals surface area contributed by atoms with Gasteiger partial charge in [-0.3, -0.25) is 4.79 Å². The minimum atomic E-state index is -0.696. The van der Waals surface area contributed by atoms with Crippen LogP contribution in [0.15, 0.2) is 5.10 Å². The highest BCUT2D eigenvalue weighted by atomic mass is 16.2. The van der Waals surface area contributed by atoms with Crippen molar-refractivity contribution in [3.05, 3.63) is 0 Å². The molecule has 6 heteroatoms. The number of carbonyl (C=O) groups is 2. The van der Waals surface area contributed by atoms with Gasteiger partial charge in [-0.05, 0) is 26.8 Å². The number of nitrogens with two attached hydrogens (primary N) is 1. The summed E-state index contributed by atoms with van der Waals surface area (Å²) in [5.41, 5.74) is 6.85. The lowest BCUT2D eigenvalue weighted by Crippen LogP contribution is -2.32. The molecule has 14 heavy (non-hydrogen) atoms. The van der Waals surface area contributed by atoms with Crippen LogP contribution in [-0.4, -0.2) is 31.1 Å². The van der Waals surface area contributed by atoms with Crippen molar-refractivity contribution in [3.63, 3.8) is 0 Å². The quantitative estimate of drug-likeness (QED) is 0.402. The molecule has 80 valence electrons. The number of hydrogen-bond acceptors (Lipinski definition) is 4. The first-order valence-electron chi connectivity index (χ1n) is 4.32. The number of Topliss-reactive ketones (excluding diaryl/α,β-unsaturated/α-hetero) is 1. The van der Waals surface area contributed by atoms with E-state index in [2.05, 4.69) is 15.8 Å². The smallest absolute Gasteiger partial charge is 0.332 e. The fourth-order valence-corrected chi connectivity index (χ4v) is 0.966. The molecular weight excluding hydrogens is 184 g/mol. The first kappa shape index (κ1) is 12.6. The number of urea groups is 1. The van der Waals surface area contributed by atoms with Gasteiger partial charge in [0.05, 0.1) is 6.04 Å². The Labute approximate surface area is 82.9 Å². The predicted molar refractivity (Wildman–Crippen MR) is 54.0 cm³/mol. The first-order valence-corrected chi connectivity index (χ1v) is 4.32. The molecule has 1 atom stereocenters. The number of likely N-dealkylation sites (N-methyl/N-ethyl adjacent to an activating group) is 1. The molecular formula is C8H16N4O2. The van der Waals surface area contributed by atoms with Crippen molar-refractivity contribution < 1.29 is 9.59 Å². The lowest BCUT2D eigenvalue weighted by molar-refractivity contribution is -0.118. The zero-order valence-electron chi connectivity index (χ0n) is 8.41. The fraction of sp³-hybridized carbons (Fsp3) is 0.625. The number of amides is 2. The highest BCUT2D eigenvalue weighted by Gasteiger charge is 2.09. The number of nitrogens with one attached hydrogen (secondary N) is 2. The molecule has 0 unspecified atom stereocenters. The molecule has 0 saturated heterocycles. The van der Waals surface area contributed by atoms with Crippen molar-refractivity contribution in [3.8, 4) is 0 Å². The van der Waals surface area contributed by atoms with Crippen LogP contribution in [0.1, 0.15) is 19.8 Å². The van der Waals surface area contributed by atoms with Crippen molar-refractivity contribution in [2.75, 3.05) is 7.05 Å². The normalized spacial score (nSPS) is 12.7. The van der Waals surface area contributed by atoms with E-state index in [1.807, 2.05) is 0 Å². The van der Waals surface area contributed by atoms with Gasteiger partial charge >= 0.3 is 6.03 Å². The predicted octanol–water partition coefficient (Wildman–Crippen LogP) is -0.402. The molecule has 0 aliphatic heterocycles. The van der Waals surface area contributed by atoms with Crippen LogP contribution in [0.2, 0.25) is 0 Å². The molecule has 2 amide bonds. The van der Waals surface area contributed by atoms with E-state index in [9.17, 15) is 9.59 Å². The monoisotopic (exact) mass is 200 g/mol. The third kappa shape index (κ3) is 6.13. The highest BCUT2D eigenvalue weighted by Crippen LogP contribution is 1.95. The summed E-state index contributed by atoms with van der Waals surface area (Å²) >= 11 is 0. The SMILES string of the molecule is CN[C@@H](CC/C=N\NC(N)=O)C(C)=O. The summed E-state index contributed by atoms with van der Waals surface area (Å²) < 4.78 is 0. The maximum Gasteiger partial charge on any atom is 0.332 e. The standard InChI is InChI=1S/C8H16N4O2/c1-6(13)7(10-2)4-3-5-11-12-8(9)14/h5,7,10H,3-4H2,1-2H3,(H3,9,12,14)/b11-5-/t7-/m0/s1. The van der Waals surface area contributed by atoms with Gasteiger partial charge in [-0.15, -0.1) is 0 Å². The Morgan fingerprint density at radius 1 is 1.57 bits per heavy atom. The van der Waals surface area contributed by atoms with E-state index < -0.39 is 6.03 Å². The second-order valence-corrected chi connectivity index (χ2v) is 2.82. The molecule has 0 bridgehead atoms. The summed E-state index contributed by atoms with van der Waals surface area (Å²) in [5.74, 6) is 0.0868. The summed E-state index contributed by atoms with van der Waals surface area (Å²) in [6.07, 6.45) is 2.76. The van der Waals surface area contributed by atoms with Gasteiger partial charge in [-0.25, -0.2) is 10.2 Å². The van der Waals surface area contributed by atoms with E-state index in [0.29, 0.717) is 12.8 Å². The average Bonchev–Trinajstić information content (AvgIpc) is 2.10. The van der Waals surface area contributed by atoms with Crippen molar-refractivity contribution in [2.24, 2.45) is 10.8 Å². The Morgan fingerprint density at radius 2 is 2.21 bits per heavy atom. The molecule has 0 aromatic heterocycles. The van der Waals surface area contributed by atoms with Crippen LogP contribution in [0.5, 0.6) is 0 Å². The number of carbonyl (C=O) groups excluding carboxylic acids is 2. The Morgan fingerprint density at radius 3 is 2.64 bits per heavy atom. The summed E-state index contributed by atoms with van der Waals surface area (Å²) in [6, 6.07) is -0.854. The topological polar surface area (TPSA) is 96.6 Å². The van der Waals surface area contributed by atoms with Crippen LogP contribution < -0.4 is 16.5 Å². The maximum atomic E-state index is 11.0. The van der Waals surface area contributed by atoms with Crippen LogP contribution in [-0.2, 0) is 4.79 Å². The van der Waals surface area contributed by atoms with E-state index in [1.54, 1.807) is 7.05 Å². The van der Waals surface area contributed by atoms with Crippen molar-refractivity contribution in [1.82, 2.24) is 10.7 Å². The van der Waals surface area contributed by atoms with Crippen LogP contribution in [0.4, 0.5) is 4.79 Å². The third-order valence-corrected chi connectivity index (χ3v) is 1.69. The summed E-state index contributed by atoms with van der Waals surface area (Å²) in [4.78, 5) is 21.1. The second kappa shape index (κ2) is 7.02. The molecule has 0 aliphatic rings. The van der Waals surface area contributed by atoms with Crippen molar-refractivity contribution >= 4 is 18.0 Å². The maximum absolute atomic E-state index is 11.0. The Bertz CT molecular complexity index is 227. The molecule has 0 fully saturated rings. The fourth-order valence-electron chi connectivity index (χ4n) is 0.966. The van der Waals surface area contributed by atoms with Gasteiger partial charge in [0.1, 0.15) is 5.78 Å². The van der Waals surface area contributed by atoms with E-state index in [0.717, 1.165) is 0 Å². The summed E-state index contributed by atoms with van der Waals surface area (Å²) in [5, 5.41) is 6.43. The number of hydrogen-bond donors (Lipinski definition) is 3. The molecule has 0 aliphatic carbocycles. The van der Waals surface area contributed by atoms with Gasteiger partial charge in [0.15, 0.2) is 0 Å². The molecule has 0 radical (unpaired) electrons. The molecule has 0 heterocycles. The van der Waals surface area contributed by atoms with E-state index in [4.69, 9.17) is 5.73 Å². The van der Waals surface area contributed by atoms with E-state index >= 15 is 0 Å². The average molecular weight is 200 g/mol. The molecule has 0 spiro atoms. The third-order valence-electron chi connectivity index (χ3n) is 1.69. The van der Waals surface area contributed by atoms with E-state index in [-0.39, 0.29) is 11.8 Å². The van der Waals surface area contributed by atoms with E-state index in [1.165, 1.54) is 13.1 Å². The highest BCUT2D eigenvalue weighted by molar-refractivity contribution is 5.81. The Balaban J connectivity index is 3.66. The molecule has 0 rings (SSSR count). The minimum absolute atomic E-state index is 0.0868. The zero-order valence-corrected chi connectivity index (χ0v) is 8.41. The van der Waals surface area contributed by atoms with Gasteiger partial charge in [-0.2, -0.15) is 5.10 Å². The van der Waals surface area contributed by atoms with Gasteiger partial charge in [0.2, 0.25) is 0 Å². The van der Waals surface area contributed by atoms with Gasteiger partial charge in [0.25, 0.3) is 0 Å². The number of nitrogens with zero attached hydrogens (tertiary/aromatic N) is 1. The van der Waals surface area contributed by atoms with Crippen LogP contribution >= 0.6 is 0 Å². The van der Waals surface area contributed by atoms with Crippen LogP contribution in [0, 0.1) is 0 Å². The van der Waals surface area contributed by atoms with Crippen molar-refractivity contribution in [2.45, 2.75) is 25.8 Å². The molecule has 6 nitrogen and oxygen atoms in total. The van der Waals surface area contributed by atoms with Crippen molar-refractivity contribution in [1.29, 1.82) is 0 Å². The zero-order chi connectivity index (χ0) is 11.0. The first-order chi connectivity index (χ1) is 6.57. The van der Waals surface area contributed by atoms with Gasteiger partial charge in [-0.1, -0.05) is 0 Å². The number of rotatable bonds is 6. The Hall–Kier alpha value is -1.43. The molecule has 4 N–H and O–H groups in total. The molecule has 0 saturated carbocycles. The number of ketones is 1. The lowest BCUT2D eigenvalue weighted by Gasteiger charge is -2.09. The number of hydrazone groups is 1. The van der Waals surface area contributed by atoms with Crippen LogP contribution in [0.3, 0.4) is 0 Å². The Kier molecular flexibility index (Phi) is 6.30. The largest absolute Gasteiger partial charge is 0.350 e. The van der Waals surface area contributed by atoms with Crippen LogP contribution in [0.25, 0.3) is 0 Å². The van der Waals surface area contributed by atoms with Gasteiger partial charge in [0, 0.05) is 6.21 Å². The molecule has 0 aromatic rings.